The number of ether oxygens (including phenoxy) is 2. The summed E-state index contributed by atoms with van der Waals surface area (Å²) in [6.07, 6.45) is 10.3. The van der Waals surface area contributed by atoms with Gasteiger partial charge in [0.2, 0.25) is 0 Å². The maximum absolute atomic E-state index is 14.6. The molecule has 3 atom stereocenters. The number of esters is 1. The minimum Gasteiger partial charge on any atom is -0.450 e. The lowest BCUT2D eigenvalue weighted by Gasteiger charge is -2.57. The first-order valence-electron chi connectivity index (χ1n) is 12.2. The van der Waals surface area contributed by atoms with Gasteiger partial charge in [0.05, 0.1) is 11.6 Å². The molecule has 2 aromatic rings. The van der Waals surface area contributed by atoms with Crippen LogP contribution < -0.4 is 0 Å². The first-order chi connectivity index (χ1) is 16.7. The Labute approximate surface area is 203 Å². The zero-order valence-corrected chi connectivity index (χ0v) is 20.2. The molecule has 0 unspecified atom stereocenters. The van der Waals surface area contributed by atoms with Crippen molar-refractivity contribution in [1.82, 2.24) is 9.47 Å². The molecular weight excluding hydrogens is 447 g/mol. The van der Waals surface area contributed by atoms with E-state index in [-0.39, 0.29) is 6.04 Å². The van der Waals surface area contributed by atoms with Crippen LogP contribution in [0.3, 0.4) is 0 Å². The number of para-hydroxylation sites is 1. The summed E-state index contributed by atoms with van der Waals surface area (Å²) in [5, 5.41) is 0.727. The quantitative estimate of drug-likeness (QED) is 0.531. The molecule has 182 valence electrons. The van der Waals surface area contributed by atoms with Crippen molar-refractivity contribution >= 4 is 23.0 Å². The molecule has 1 aromatic carbocycles. The Hall–Kier alpha value is -3.19. The third-order valence-corrected chi connectivity index (χ3v) is 7.70. The van der Waals surface area contributed by atoms with E-state index in [2.05, 4.69) is 4.90 Å². The standard InChI is InChI=1S/C28H29FN2O4/c1-26(2,3)35-25(33)31-16-20(19-8-4-5-9-21(19)31)27-14-13-18(29)11-12-22(27)28(34-24(27)32)17-30-15-7-6-10-23(28)30/h4-5,8-9,11-14,16,23H,6-7,10,15,17H2,1-3H3/t23-,27-,28+/m0/s1. The molecule has 35 heavy (non-hydrogen) atoms. The van der Waals surface area contributed by atoms with Crippen molar-refractivity contribution < 1.29 is 23.5 Å². The molecule has 6 rings (SSSR count). The fraction of sp³-hybridized carbons (Fsp3) is 0.429. The topological polar surface area (TPSA) is 60.8 Å². The van der Waals surface area contributed by atoms with Crippen LogP contribution in [0.1, 0.15) is 45.6 Å². The lowest BCUT2D eigenvalue weighted by molar-refractivity contribution is -0.180. The molecule has 0 radical (unpaired) electrons. The van der Waals surface area contributed by atoms with Gasteiger partial charge in [0.1, 0.15) is 16.8 Å². The Morgan fingerprint density at radius 2 is 2.00 bits per heavy atom. The number of carbonyl (C=O) groups is 2. The highest BCUT2D eigenvalue weighted by molar-refractivity contribution is 6.03. The molecule has 4 heterocycles. The predicted molar refractivity (Wildman–Crippen MR) is 130 cm³/mol. The first kappa shape index (κ1) is 22.3. The van der Waals surface area contributed by atoms with Gasteiger partial charge in [-0.1, -0.05) is 36.8 Å². The van der Waals surface area contributed by atoms with Crippen molar-refractivity contribution in [2.75, 3.05) is 13.1 Å². The molecule has 0 amide bonds. The maximum Gasteiger partial charge on any atom is 0.419 e. The molecular formula is C28H29FN2O4. The molecule has 1 aromatic heterocycles. The number of hydrogen-bond donors (Lipinski definition) is 0. The summed E-state index contributed by atoms with van der Waals surface area (Å²) in [5.74, 6) is -0.856. The van der Waals surface area contributed by atoms with E-state index in [1.807, 2.05) is 45.0 Å². The van der Waals surface area contributed by atoms with Crippen LogP contribution in [-0.2, 0) is 19.7 Å². The van der Waals surface area contributed by atoms with Gasteiger partial charge in [-0.25, -0.2) is 9.18 Å². The normalized spacial score (nSPS) is 30.2. The second-order valence-electron chi connectivity index (χ2n) is 10.9. The molecule has 1 aliphatic carbocycles. The molecule has 0 N–H and O–H groups in total. The van der Waals surface area contributed by atoms with E-state index in [1.54, 1.807) is 18.3 Å². The highest BCUT2D eigenvalue weighted by Gasteiger charge is 2.70. The van der Waals surface area contributed by atoms with E-state index in [9.17, 15) is 14.0 Å². The van der Waals surface area contributed by atoms with Crippen LogP contribution in [0.4, 0.5) is 9.18 Å². The number of benzene rings is 1. The molecule has 0 saturated carbocycles. The Bertz CT molecular complexity index is 1350. The minimum absolute atomic E-state index is 0.0792. The van der Waals surface area contributed by atoms with Gasteiger partial charge < -0.3 is 9.47 Å². The van der Waals surface area contributed by atoms with Gasteiger partial charge in [-0.2, -0.15) is 0 Å². The third-order valence-electron chi connectivity index (χ3n) is 7.70. The lowest BCUT2D eigenvalue weighted by atomic mass is 9.64. The van der Waals surface area contributed by atoms with Crippen molar-refractivity contribution in [3.8, 4) is 0 Å². The Morgan fingerprint density at radius 3 is 2.77 bits per heavy atom. The van der Waals surface area contributed by atoms with Gasteiger partial charge in [0.25, 0.3) is 0 Å². The number of allylic oxidation sites excluding steroid dienone is 4. The van der Waals surface area contributed by atoms with E-state index in [0.717, 1.165) is 36.8 Å². The van der Waals surface area contributed by atoms with Gasteiger partial charge in [0.15, 0.2) is 5.60 Å². The Morgan fingerprint density at radius 1 is 1.20 bits per heavy atom. The second kappa shape index (κ2) is 7.40. The number of rotatable bonds is 1. The number of carbonyl (C=O) groups excluding carboxylic acids is 2. The van der Waals surface area contributed by atoms with Crippen molar-refractivity contribution in [1.29, 1.82) is 0 Å². The molecule has 3 fully saturated rings. The van der Waals surface area contributed by atoms with Crippen LogP contribution in [0.2, 0.25) is 0 Å². The fourth-order valence-electron chi connectivity index (χ4n) is 6.27. The smallest absolute Gasteiger partial charge is 0.419 e. The van der Waals surface area contributed by atoms with Crippen molar-refractivity contribution in [2.45, 2.75) is 62.7 Å². The van der Waals surface area contributed by atoms with Crippen LogP contribution in [0.15, 0.2) is 66.2 Å². The minimum atomic E-state index is -1.33. The number of aromatic nitrogens is 1. The Kier molecular flexibility index (Phi) is 4.71. The summed E-state index contributed by atoms with van der Waals surface area (Å²) in [4.78, 5) is 29.4. The van der Waals surface area contributed by atoms with E-state index in [0.29, 0.717) is 17.6 Å². The van der Waals surface area contributed by atoms with E-state index < -0.39 is 34.5 Å². The largest absolute Gasteiger partial charge is 0.450 e. The molecule has 7 heteroatoms. The number of nitrogens with zero attached hydrogens (tertiary/aromatic N) is 2. The summed E-state index contributed by atoms with van der Waals surface area (Å²) >= 11 is 0. The average molecular weight is 477 g/mol. The van der Waals surface area contributed by atoms with Crippen molar-refractivity contribution in [2.24, 2.45) is 0 Å². The van der Waals surface area contributed by atoms with Gasteiger partial charge in [-0.3, -0.25) is 14.3 Å². The highest BCUT2D eigenvalue weighted by Crippen LogP contribution is 2.58. The summed E-state index contributed by atoms with van der Waals surface area (Å²) < 4.78 is 28.0. The van der Waals surface area contributed by atoms with Crippen LogP contribution >= 0.6 is 0 Å². The van der Waals surface area contributed by atoms with Gasteiger partial charge in [0, 0.05) is 29.3 Å². The van der Waals surface area contributed by atoms with E-state index in [4.69, 9.17) is 9.47 Å². The number of piperidine rings is 1. The number of fused-ring (bicyclic) bond motifs is 5. The zero-order chi connectivity index (χ0) is 24.6. The predicted octanol–water partition coefficient (Wildman–Crippen LogP) is 5.18. The fourth-order valence-corrected chi connectivity index (χ4v) is 6.27. The molecule has 0 bridgehead atoms. The van der Waals surface area contributed by atoms with Crippen LogP contribution in [0.25, 0.3) is 10.9 Å². The van der Waals surface area contributed by atoms with E-state index in [1.165, 1.54) is 16.7 Å². The summed E-state index contributed by atoms with van der Waals surface area (Å²) in [6.45, 7) is 7.01. The zero-order valence-electron chi connectivity index (χ0n) is 20.2. The number of hydrogen-bond acceptors (Lipinski definition) is 5. The van der Waals surface area contributed by atoms with E-state index >= 15 is 0 Å². The molecule has 4 aliphatic rings. The van der Waals surface area contributed by atoms with Crippen LogP contribution in [-0.4, -0.2) is 51.9 Å². The molecule has 3 saturated heterocycles. The monoisotopic (exact) mass is 476 g/mol. The van der Waals surface area contributed by atoms with Crippen molar-refractivity contribution in [3.63, 3.8) is 0 Å². The number of halogens is 1. The Balaban J connectivity index is 1.56. The summed E-state index contributed by atoms with van der Waals surface area (Å²) in [6, 6.07) is 7.49. The summed E-state index contributed by atoms with van der Waals surface area (Å²) in [7, 11) is 0. The highest BCUT2D eigenvalue weighted by atomic mass is 19.1. The molecule has 1 spiro atoms. The van der Waals surface area contributed by atoms with Gasteiger partial charge in [-0.05, 0) is 58.4 Å². The van der Waals surface area contributed by atoms with Crippen LogP contribution in [0.5, 0.6) is 0 Å². The summed E-state index contributed by atoms with van der Waals surface area (Å²) in [5.41, 5.74) is -0.847. The SMILES string of the molecule is CC(C)(C)OC(=O)n1cc([C@@]23C=CC(F)=CC=C2[C@@]2(CN4CCCC[C@H]42)OC3=O)c2ccccc21. The van der Waals surface area contributed by atoms with Gasteiger partial charge in [-0.15, -0.1) is 0 Å². The average Bonchev–Trinajstić information content (AvgIpc) is 3.23. The second-order valence-corrected chi connectivity index (χ2v) is 10.9. The maximum atomic E-state index is 14.6. The van der Waals surface area contributed by atoms with Crippen LogP contribution in [0, 0.1) is 0 Å². The third kappa shape index (κ3) is 3.10. The first-order valence-corrected chi connectivity index (χ1v) is 12.2. The lowest BCUT2D eigenvalue weighted by Crippen LogP contribution is -2.71. The van der Waals surface area contributed by atoms with Crippen molar-refractivity contribution in [3.05, 3.63) is 71.7 Å². The molecule has 6 nitrogen and oxygen atoms in total. The molecule has 3 aliphatic heterocycles. The van der Waals surface area contributed by atoms with Gasteiger partial charge >= 0.3 is 12.1 Å².